The number of nitrogens with one attached hydrogen (secondary N) is 2. The van der Waals surface area contributed by atoms with Crippen molar-refractivity contribution in [3.05, 3.63) is 170 Å². The van der Waals surface area contributed by atoms with Gasteiger partial charge in [0.15, 0.2) is 5.82 Å². The van der Waals surface area contributed by atoms with Crippen molar-refractivity contribution < 1.29 is 19.0 Å². The third-order valence-corrected chi connectivity index (χ3v) is 12.2. The van der Waals surface area contributed by atoms with Crippen molar-refractivity contribution in [2.24, 2.45) is 4.99 Å². The number of ether oxygens (including phenoxy) is 3. The zero-order valence-electron chi connectivity index (χ0n) is 34.5. The minimum Gasteiger partial charge on any atom is -0.379 e. The van der Waals surface area contributed by atoms with Crippen LogP contribution in [0.2, 0.25) is 5.02 Å². The van der Waals surface area contributed by atoms with Crippen LogP contribution in [0.3, 0.4) is 0 Å². The van der Waals surface area contributed by atoms with E-state index in [4.69, 9.17) is 30.8 Å². The van der Waals surface area contributed by atoms with Gasteiger partial charge in [0.2, 0.25) is 5.91 Å². The van der Waals surface area contributed by atoms with Crippen LogP contribution in [-0.2, 0) is 24.5 Å². The van der Waals surface area contributed by atoms with E-state index < -0.39 is 11.6 Å². The van der Waals surface area contributed by atoms with Gasteiger partial charge in [-0.05, 0) is 74.5 Å². The molecule has 0 saturated heterocycles. The largest absolute Gasteiger partial charge is 0.379 e. The van der Waals surface area contributed by atoms with Crippen molar-refractivity contribution >= 4 is 34.6 Å². The summed E-state index contributed by atoms with van der Waals surface area (Å²) in [6.45, 7) is 10.5. The molecule has 0 aliphatic carbocycles. The van der Waals surface area contributed by atoms with E-state index in [-0.39, 0.29) is 12.3 Å². The molecule has 10 nitrogen and oxygen atoms in total. The van der Waals surface area contributed by atoms with Crippen LogP contribution < -0.4 is 10.6 Å². The number of rotatable bonds is 21. The highest BCUT2D eigenvalue weighted by Crippen LogP contribution is 2.40. The number of amides is 1. The van der Waals surface area contributed by atoms with E-state index in [0.29, 0.717) is 63.5 Å². The first-order valence-electron chi connectivity index (χ1n) is 20.6. The Hall–Kier alpha value is -5.01. The molecule has 1 unspecified atom stereocenters. The lowest BCUT2D eigenvalue weighted by Crippen LogP contribution is -2.45. The molecule has 12 heteroatoms. The van der Waals surface area contributed by atoms with Crippen LogP contribution in [0.5, 0.6) is 0 Å². The van der Waals surface area contributed by atoms with E-state index in [2.05, 4.69) is 130 Å². The Morgan fingerprint density at radius 1 is 0.717 bits per heavy atom. The first kappa shape index (κ1) is 43.1. The molecule has 0 radical (unpaired) electrons. The SMILES string of the molecule is Cc1sc2c(c1C)C(c1ccc(Cl)cc1)=NC(CC(=O)NCCCOCCOCCOCCCNC(c1ccccc1)(c1ccccc1)c1ccccc1)c1nnc(C)n1-2. The minimum atomic E-state index is -0.511. The van der Waals surface area contributed by atoms with E-state index in [1.165, 1.54) is 21.6 Å². The highest BCUT2D eigenvalue weighted by molar-refractivity contribution is 7.15. The number of aryl methyl sites for hydroxylation is 2. The van der Waals surface area contributed by atoms with Gasteiger partial charge in [0.25, 0.3) is 0 Å². The quantitative estimate of drug-likeness (QED) is 0.0551. The van der Waals surface area contributed by atoms with Gasteiger partial charge in [-0.1, -0.05) is 115 Å². The van der Waals surface area contributed by atoms with Crippen LogP contribution in [0, 0.1) is 20.8 Å². The van der Waals surface area contributed by atoms with Crippen molar-refractivity contribution in [2.45, 2.75) is 51.6 Å². The first-order chi connectivity index (χ1) is 29.4. The van der Waals surface area contributed by atoms with Crippen LogP contribution in [0.1, 0.15) is 75.2 Å². The summed E-state index contributed by atoms with van der Waals surface area (Å²) in [4.78, 5) is 19.7. The lowest BCUT2D eigenvalue weighted by atomic mass is 9.77. The lowest BCUT2D eigenvalue weighted by Gasteiger charge is -2.37. The molecule has 0 fully saturated rings. The number of carbonyl (C=O) groups is 1. The van der Waals surface area contributed by atoms with Crippen molar-refractivity contribution in [1.29, 1.82) is 0 Å². The van der Waals surface area contributed by atoms with Crippen molar-refractivity contribution in [3.8, 4) is 5.00 Å². The summed E-state index contributed by atoms with van der Waals surface area (Å²) in [5, 5.41) is 17.5. The number of carbonyl (C=O) groups excluding carboxylic acids is 1. The average molecular weight is 846 g/mol. The second kappa shape index (κ2) is 21.0. The summed E-state index contributed by atoms with van der Waals surface area (Å²) >= 11 is 7.93. The van der Waals surface area contributed by atoms with E-state index in [0.717, 1.165) is 46.2 Å². The number of thiophene rings is 1. The minimum absolute atomic E-state index is 0.105. The molecule has 6 aromatic rings. The molecule has 4 aromatic carbocycles. The van der Waals surface area contributed by atoms with Gasteiger partial charge in [-0.2, -0.15) is 0 Å². The molecular formula is C48H53ClN6O4S. The maximum atomic E-state index is 13.3. The zero-order valence-corrected chi connectivity index (χ0v) is 36.1. The lowest BCUT2D eigenvalue weighted by molar-refractivity contribution is -0.121. The molecule has 1 atom stereocenters. The van der Waals surface area contributed by atoms with Crippen molar-refractivity contribution in [2.75, 3.05) is 52.7 Å². The fourth-order valence-corrected chi connectivity index (χ4v) is 8.98. The molecule has 2 N–H and O–H groups in total. The molecule has 60 heavy (non-hydrogen) atoms. The molecule has 1 aliphatic heterocycles. The number of benzene rings is 4. The average Bonchev–Trinajstić information content (AvgIpc) is 3.76. The van der Waals surface area contributed by atoms with Crippen LogP contribution in [0.15, 0.2) is 120 Å². The highest BCUT2D eigenvalue weighted by atomic mass is 35.5. The topological polar surface area (TPSA) is 112 Å². The molecule has 3 heterocycles. The molecule has 2 aromatic heterocycles. The van der Waals surface area contributed by atoms with E-state index in [9.17, 15) is 4.79 Å². The standard InChI is InChI=1S/C48H53ClN6O4S/c1-34-35(2)60-47-44(34)45(37-21-23-41(49)24-22-37)52-42(46-54-53-36(3)55(46)47)33-43(56)50-25-13-27-57-29-31-59-32-30-58-28-14-26-51-48(38-15-7-4-8-16-38,39-17-9-5-10-18-39)40-19-11-6-12-20-40/h4-12,15-24,42,51H,13-14,25-33H2,1-3H3,(H,50,56). The van der Waals surface area contributed by atoms with Gasteiger partial charge >= 0.3 is 0 Å². The number of nitrogens with zero attached hydrogens (tertiary/aromatic N) is 4. The molecule has 1 aliphatic rings. The second-order valence-electron chi connectivity index (χ2n) is 14.8. The van der Waals surface area contributed by atoms with Gasteiger partial charge < -0.3 is 19.5 Å². The number of aromatic nitrogens is 3. The second-order valence-corrected chi connectivity index (χ2v) is 16.4. The predicted molar refractivity (Wildman–Crippen MR) is 240 cm³/mol. The Labute approximate surface area is 362 Å². The highest BCUT2D eigenvalue weighted by Gasteiger charge is 2.36. The summed E-state index contributed by atoms with van der Waals surface area (Å²) in [6, 6.07) is 39.0. The summed E-state index contributed by atoms with van der Waals surface area (Å²) in [5.74, 6) is 1.32. The molecule has 0 spiro atoms. The Morgan fingerprint density at radius 3 is 1.82 bits per heavy atom. The molecule has 0 saturated carbocycles. The van der Waals surface area contributed by atoms with Gasteiger partial charge in [0, 0.05) is 40.8 Å². The van der Waals surface area contributed by atoms with Crippen LogP contribution in [0.25, 0.3) is 5.00 Å². The Kier molecular flexibility index (Phi) is 15.1. The van der Waals surface area contributed by atoms with E-state index >= 15 is 0 Å². The van der Waals surface area contributed by atoms with E-state index in [1.807, 2.05) is 31.2 Å². The maximum Gasteiger partial charge on any atom is 0.222 e. The monoisotopic (exact) mass is 844 g/mol. The number of halogens is 1. The summed E-state index contributed by atoms with van der Waals surface area (Å²) in [6.07, 6.45) is 1.67. The predicted octanol–water partition coefficient (Wildman–Crippen LogP) is 8.72. The molecule has 7 rings (SSSR count). The van der Waals surface area contributed by atoms with Crippen molar-refractivity contribution in [3.63, 3.8) is 0 Å². The van der Waals surface area contributed by atoms with Gasteiger partial charge in [-0.25, -0.2) is 0 Å². The Morgan fingerprint density at radius 2 is 1.25 bits per heavy atom. The summed E-state index contributed by atoms with van der Waals surface area (Å²) < 4.78 is 19.5. The summed E-state index contributed by atoms with van der Waals surface area (Å²) in [7, 11) is 0. The summed E-state index contributed by atoms with van der Waals surface area (Å²) in [5.41, 5.74) is 7.06. The van der Waals surface area contributed by atoms with Gasteiger partial charge in [0.05, 0.1) is 44.1 Å². The van der Waals surface area contributed by atoms with Crippen LogP contribution in [0.4, 0.5) is 0 Å². The third kappa shape index (κ3) is 10.1. The molecular weight excluding hydrogens is 792 g/mol. The molecule has 1 amide bonds. The number of fused-ring (bicyclic) bond motifs is 3. The normalized spacial score (nSPS) is 13.7. The maximum absolute atomic E-state index is 13.3. The smallest absolute Gasteiger partial charge is 0.222 e. The molecule has 312 valence electrons. The van der Waals surface area contributed by atoms with Gasteiger partial charge in [-0.3, -0.25) is 19.7 Å². The van der Waals surface area contributed by atoms with E-state index in [1.54, 1.807) is 11.3 Å². The van der Waals surface area contributed by atoms with Crippen LogP contribution >= 0.6 is 22.9 Å². The molecule has 0 bridgehead atoms. The van der Waals surface area contributed by atoms with Gasteiger partial charge in [0.1, 0.15) is 16.9 Å². The Balaban J connectivity index is 0.799. The fourth-order valence-electron chi connectivity index (χ4n) is 7.64. The number of aliphatic imine (C=N–C) groups is 1. The third-order valence-electron chi connectivity index (χ3n) is 10.7. The van der Waals surface area contributed by atoms with Gasteiger partial charge in [-0.15, -0.1) is 21.5 Å². The first-order valence-corrected chi connectivity index (χ1v) is 21.8. The zero-order chi connectivity index (χ0) is 41.7. The Bertz CT molecular complexity index is 2220. The van der Waals surface area contributed by atoms with Crippen molar-refractivity contribution in [1.82, 2.24) is 25.4 Å². The number of hydrogen-bond donors (Lipinski definition) is 2. The number of hydrogen-bond acceptors (Lipinski definition) is 9. The fraction of sp³-hybridized carbons (Fsp3) is 0.333. The van der Waals surface area contributed by atoms with Crippen LogP contribution in [-0.4, -0.2) is 79.1 Å².